The van der Waals surface area contributed by atoms with Crippen LogP contribution in [-0.4, -0.2) is 69.3 Å². The zero-order valence-electron chi connectivity index (χ0n) is 13.4. The maximum Gasteiger partial charge on any atom is 0.353 e. The molecule has 3 aliphatic heterocycles. The van der Waals surface area contributed by atoms with E-state index in [0.29, 0.717) is 4.91 Å². The van der Waals surface area contributed by atoms with Crippen LogP contribution in [0.4, 0.5) is 0 Å². The smallest absolute Gasteiger partial charge is 0.353 e. The van der Waals surface area contributed by atoms with E-state index in [1.165, 1.54) is 30.6 Å². The Kier molecular flexibility index (Phi) is 6.10. The topological polar surface area (TPSA) is 108 Å². The Labute approximate surface area is 166 Å². The fraction of sp³-hybridized carbons (Fsp3) is 0.429. The number of hydrogen-bond acceptors (Lipinski definition) is 8. The molecule has 0 radical (unpaired) electrons. The summed E-state index contributed by atoms with van der Waals surface area (Å²) in [6.45, 7) is 0. The van der Waals surface area contributed by atoms with E-state index in [2.05, 4.69) is 10.5 Å². The van der Waals surface area contributed by atoms with Crippen molar-refractivity contribution in [2.75, 3.05) is 24.4 Å². The number of hydrogen-bond donors (Lipinski definition) is 2. The molecule has 8 nitrogen and oxygen atoms in total. The Morgan fingerprint density at radius 3 is 2.85 bits per heavy atom. The van der Waals surface area contributed by atoms with E-state index in [-0.39, 0.29) is 22.2 Å². The van der Waals surface area contributed by atoms with Crippen LogP contribution in [0.1, 0.15) is 0 Å². The lowest BCUT2D eigenvalue weighted by atomic mass is 10.0. The summed E-state index contributed by atoms with van der Waals surface area (Å²) >= 11 is 10.3. The summed E-state index contributed by atoms with van der Waals surface area (Å²) in [7, 11) is 1.34. The molecule has 3 heterocycles. The van der Waals surface area contributed by atoms with Gasteiger partial charge in [0, 0.05) is 22.2 Å². The highest BCUT2D eigenvalue weighted by atomic mass is 35.5. The van der Waals surface area contributed by atoms with Crippen LogP contribution >= 0.6 is 46.9 Å². The predicted octanol–water partition coefficient (Wildman–Crippen LogP) is 1.25. The quantitative estimate of drug-likeness (QED) is 0.377. The molecule has 1 unspecified atom stereocenters. The van der Waals surface area contributed by atoms with Crippen molar-refractivity contribution in [1.82, 2.24) is 10.2 Å². The number of fused-ring (bicyclic) bond motifs is 1. The summed E-state index contributed by atoms with van der Waals surface area (Å²) < 4.78 is 0. The Morgan fingerprint density at radius 2 is 2.23 bits per heavy atom. The highest BCUT2D eigenvalue weighted by molar-refractivity contribution is 8.10. The summed E-state index contributed by atoms with van der Waals surface area (Å²) in [5.74, 6) is -0.268. The van der Waals surface area contributed by atoms with Crippen LogP contribution in [0.2, 0.25) is 0 Å². The Morgan fingerprint density at radius 1 is 1.46 bits per heavy atom. The SMILES string of the molecule is CON=C(C(=O)NC1C(=O)N2C(C(=O)O)=C(Cl)CS[C@H]12)C1=CSCCS1. The molecular weight excluding hydrogens is 422 g/mol. The zero-order valence-corrected chi connectivity index (χ0v) is 16.6. The maximum absolute atomic E-state index is 12.6. The fourth-order valence-electron chi connectivity index (χ4n) is 2.57. The van der Waals surface area contributed by atoms with Crippen molar-refractivity contribution in [2.45, 2.75) is 11.4 Å². The van der Waals surface area contributed by atoms with Crippen LogP contribution < -0.4 is 5.32 Å². The second-order valence-electron chi connectivity index (χ2n) is 5.24. The number of carbonyl (C=O) groups excluding carboxylic acids is 2. The van der Waals surface area contributed by atoms with Gasteiger partial charge in [0.15, 0.2) is 5.71 Å². The summed E-state index contributed by atoms with van der Waals surface area (Å²) in [4.78, 5) is 42.9. The number of oxime groups is 1. The zero-order chi connectivity index (χ0) is 18.8. The lowest BCUT2D eigenvalue weighted by molar-refractivity contribution is -0.150. The van der Waals surface area contributed by atoms with Crippen LogP contribution in [0.25, 0.3) is 0 Å². The van der Waals surface area contributed by atoms with Gasteiger partial charge < -0.3 is 15.3 Å². The largest absolute Gasteiger partial charge is 0.477 e. The normalized spacial score (nSPS) is 25.9. The van der Waals surface area contributed by atoms with Crippen molar-refractivity contribution in [3.8, 4) is 0 Å². The van der Waals surface area contributed by atoms with Gasteiger partial charge in [-0.05, 0) is 5.41 Å². The average Bonchev–Trinajstić information content (AvgIpc) is 2.64. The van der Waals surface area contributed by atoms with Crippen molar-refractivity contribution in [2.24, 2.45) is 5.16 Å². The number of nitrogens with one attached hydrogen (secondary N) is 1. The van der Waals surface area contributed by atoms with Crippen molar-refractivity contribution < 1.29 is 24.3 Å². The number of amides is 2. The van der Waals surface area contributed by atoms with Crippen molar-refractivity contribution in [3.63, 3.8) is 0 Å². The van der Waals surface area contributed by atoms with Gasteiger partial charge in [-0.25, -0.2) is 4.79 Å². The van der Waals surface area contributed by atoms with E-state index in [1.54, 1.807) is 11.8 Å². The van der Waals surface area contributed by atoms with Crippen LogP contribution in [0.5, 0.6) is 0 Å². The van der Waals surface area contributed by atoms with Crippen LogP contribution in [0.15, 0.2) is 26.2 Å². The molecule has 3 rings (SSSR count). The first-order valence-corrected chi connectivity index (χ1v) is 10.9. The van der Waals surface area contributed by atoms with E-state index in [0.717, 1.165) is 16.4 Å². The molecule has 26 heavy (non-hydrogen) atoms. The van der Waals surface area contributed by atoms with Gasteiger partial charge in [0.25, 0.3) is 11.8 Å². The third-order valence-corrected chi connectivity index (χ3v) is 7.72. The van der Waals surface area contributed by atoms with Gasteiger partial charge in [-0.3, -0.25) is 14.5 Å². The first-order valence-electron chi connectivity index (χ1n) is 7.39. The lowest BCUT2D eigenvalue weighted by Crippen LogP contribution is -2.70. The molecule has 0 spiro atoms. The van der Waals surface area contributed by atoms with Gasteiger partial charge in [-0.1, -0.05) is 16.8 Å². The molecule has 3 aliphatic rings. The lowest BCUT2D eigenvalue weighted by Gasteiger charge is -2.48. The monoisotopic (exact) mass is 435 g/mol. The van der Waals surface area contributed by atoms with Gasteiger partial charge in [0.2, 0.25) is 0 Å². The minimum absolute atomic E-state index is 0.101. The number of aliphatic carboxylic acids is 1. The number of halogens is 1. The highest BCUT2D eigenvalue weighted by Gasteiger charge is 2.54. The summed E-state index contributed by atoms with van der Waals surface area (Å²) in [5, 5.41) is 17.1. The second kappa shape index (κ2) is 8.15. The number of nitrogens with zero attached hydrogens (tertiary/aromatic N) is 2. The van der Waals surface area contributed by atoms with E-state index >= 15 is 0 Å². The number of carboxylic acid groups (broad SMARTS) is 1. The van der Waals surface area contributed by atoms with Crippen LogP contribution in [0.3, 0.4) is 0 Å². The van der Waals surface area contributed by atoms with Gasteiger partial charge in [0.1, 0.15) is 24.2 Å². The predicted molar refractivity (Wildman–Crippen MR) is 103 cm³/mol. The van der Waals surface area contributed by atoms with E-state index < -0.39 is 29.2 Å². The molecule has 0 aromatic rings. The van der Waals surface area contributed by atoms with Crippen molar-refractivity contribution >= 4 is 70.4 Å². The molecule has 12 heteroatoms. The standard InChI is InChI=1S/C14H14ClN3O5S3/c1-23-17-8(7-5-24-2-3-25-7)11(19)16-9-12(20)18-10(14(21)22)6(15)4-26-13(9)18/h5,9,13H,2-4H2,1H3,(H,16,19)(H,21,22)/t9?,13-/m1/s1. The molecule has 0 saturated carbocycles. The molecule has 0 aliphatic carbocycles. The van der Waals surface area contributed by atoms with Gasteiger partial charge in [-0.2, -0.15) is 0 Å². The molecule has 2 amide bonds. The summed E-state index contributed by atoms with van der Waals surface area (Å²) in [6, 6.07) is -0.837. The minimum atomic E-state index is -1.26. The van der Waals surface area contributed by atoms with Crippen LogP contribution in [0, 0.1) is 0 Å². The molecule has 0 aromatic heterocycles. The minimum Gasteiger partial charge on any atom is -0.477 e. The van der Waals surface area contributed by atoms with E-state index in [9.17, 15) is 19.5 Å². The second-order valence-corrected chi connectivity index (χ2v) is 8.92. The molecule has 140 valence electrons. The number of thioether (sulfide) groups is 3. The first kappa shape index (κ1) is 19.5. The molecule has 2 atom stereocenters. The number of β-lactam (4-membered cyclic amide) rings is 1. The van der Waals surface area contributed by atoms with Gasteiger partial charge >= 0.3 is 5.97 Å². The van der Waals surface area contributed by atoms with Crippen LogP contribution in [-0.2, 0) is 19.2 Å². The molecule has 1 fully saturated rings. The Bertz CT molecular complexity index is 754. The molecule has 0 aromatic carbocycles. The third kappa shape index (κ3) is 3.57. The van der Waals surface area contributed by atoms with Crippen molar-refractivity contribution in [1.29, 1.82) is 0 Å². The van der Waals surface area contributed by atoms with E-state index in [4.69, 9.17) is 16.4 Å². The average molecular weight is 436 g/mol. The summed E-state index contributed by atoms with van der Waals surface area (Å²) in [6.07, 6.45) is 0. The molecule has 2 N–H and O–H groups in total. The van der Waals surface area contributed by atoms with Crippen molar-refractivity contribution in [3.05, 3.63) is 21.0 Å². The number of carbonyl (C=O) groups is 3. The highest BCUT2D eigenvalue weighted by Crippen LogP contribution is 2.41. The number of carboxylic acids is 1. The molecular formula is C14H14ClN3O5S3. The first-order chi connectivity index (χ1) is 12.5. The van der Waals surface area contributed by atoms with Gasteiger partial charge in [0.05, 0.1) is 5.03 Å². The Hall–Kier alpha value is -1.30. The maximum atomic E-state index is 12.6. The van der Waals surface area contributed by atoms with E-state index in [1.807, 2.05) is 5.41 Å². The molecule has 0 bridgehead atoms. The number of rotatable bonds is 5. The fourth-order valence-corrected chi connectivity index (χ4v) is 6.19. The summed E-state index contributed by atoms with van der Waals surface area (Å²) in [5.41, 5.74) is -0.123. The third-order valence-electron chi connectivity index (χ3n) is 3.69. The van der Waals surface area contributed by atoms with Gasteiger partial charge in [-0.15, -0.1) is 35.3 Å². The molecule has 1 saturated heterocycles. The Balaban J connectivity index is 1.75.